The standard InChI is InChI=1S/C14H17NO4/c1-3-7-11(14(18)19-2)15-13(17)12(16)10-8-5-4-6-9-10/h3-6,8-9,11-12,16H,1,7H2,2H3,(H,15,17)/t11-,12-/m0/s1. The van der Waals surface area contributed by atoms with Gasteiger partial charge in [0.15, 0.2) is 6.10 Å². The highest BCUT2D eigenvalue weighted by Crippen LogP contribution is 2.12. The van der Waals surface area contributed by atoms with Gasteiger partial charge in [0.1, 0.15) is 6.04 Å². The van der Waals surface area contributed by atoms with E-state index in [0.717, 1.165) is 0 Å². The molecule has 1 rings (SSSR count). The molecule has 0 aliphatic rings. The summed E-state index contributed by atoms with van der Waals surface area (Å²) < 4.78 is 4.57. The van der Waals surface area contributed by atoms with Crippen molar-refractivity contribution in [2.75, 3.05) is 7.11 Å². The van der Waals surface area contributed by atoms with Gasteiger partial charge in [0, 0.05) is 0 Å². The maximum absolute atomic E-state index is 11.8. The fraction of sp³-hybridized carbons (Fsp3) is 0.286. The van der Waals surface area contributed by atoms with Gasteiger partial charge in [-0.3, -0.25) is 4.79 Å². The van der Waals surface area contributed by atoms with Crippen LogP contribution in [0.25, 0.3) is 0 Å². The van der Waals surface area contributed by atoms with E-state index in [1.807, 2.05) is 0 Å². The lowest BCUT2D eigenvalue weighted by atomic mass is 10.1. The number of carbonyl (C=O) groups excluding carboxylic acids is 2. The van der Waals surface area contributed by atoms with Gasteiger partial charge in [-0.1, -0.05) is 36.4 Å². The summed E-state index contributed by atoms with van der Waals surface area (Å²) in [5, 5.41) is 12.3. The molecular weight excluding hydrogens is 246 g/mol. The van der Waals surface area contributed by atoms with Gasteiger partial charge < -0.3 is 15.2 Å². The molecule has 0 saturated carbocycles. The molecule has 1 aromatic carbocycles. The first kappa shape index (κ1) is 14.9. The monoisotopic (exact) mass is 263 g/mol. The Balaban J connectivity index is 2.71. The smallest absolute Gasteiger partial charge is 0.328 e. The van der Waals surface area contributed by atoms with E-state index in [0.29, 0.717) is 5.56 Å². The molecular formula is C14H17NO4. The zero-order chi connectivity index (χ0) is 14.3. The molecule has 2 atom stereocenters. The van der Waals surface area contributed by atoms with Crippen LogP contribution in [-0.4, -0.2) is 30.1 Å². The molecule has 0 fully saturated rings. The molecule has 0 aliphatic carbocycles. The van der Waals surface area contributed by atoms with Crippen molar-refractivity contribution in [1.82, 2.24) is 5.32 Å². The van der Waals surface area contributed by atoms with Crippen LogP contribution in [0.3, 0.4) is 0 Å². The molecule has 0 unspecified atom stereocenters. The minimum Gasteiger partial charge on any atom is -0.467 e. The molecule has 1 amide bonds. The van der Waals surface area contributed by atoms with E-state index < -0.39 is 24.0 Å². The summed E-state index contributed by atoms with van der Waals surface area (Å²) >= 11 is 0. The number of benzene rings is 1. The molecule has 0 aliphatic heterocycles. The lowest BCUT2D eigenvalue weighted by molar-refractivity contribution is -0.146. The fourth-order valence-corrected chi connectivity index (χ4v) is 1.56. The van der Waals surface area contributed by atoms with Gasteiger partial charge in [-0.25, -0.2) is 4.79 Å². The third kappa shape index (κ3) is 4.22. The number of carbonyl (C=O) groups is 2. The normalized spacial score (nSPS) is 13.2. The zero-order valence-corrected chi connectivity index (χ0v) is 10.7. The number of aliphatic hydroxyl groups excluding tert-OH is 1. The maximum atomic E-state index is 11.8. The van der Waals surface area contributed by atoms with Gasteiger partial charge in [0.2, 0.25) is 0 Å². The average molecular weight is 263 g/mol. The van der Waals surface area contributed by atoms with E-state index in [2.05, 4.69) is 16.6 Å². The second-order valence-electron chi connectivity index (χ2n) is 3.92. The van der Waals surface area contributed by atoms with Crippen molar-refractivity contribution in [1.29, 1.82) is 0 Å². The number of esters is 1. The van der Waals surface area contributed by atoms with Gasteiger partial charge in [0.25, 0.3) is 5.91 Å². The largest absolute Gasteiger partial charge is 0.467 e. The third-order valence-electron chi connectivity index (χ3n) is 2.57. The topological polar surface area (TPSA) is 75.6 Å². The molecule has 2 N–H and O–H groups in total. The Morgan fingerprint density at radius 3 is 2.58 bits per heavy atom. The van der Waals surface area contributed by atoms with Crippen LogP contribution >= 0.6 is 0 Å². The fourth-order valence-electron chi connectivity index (χ4n) is 1.56. The van der Waals surface area contributed by atoms with Crippen LogP contribution in [0.4, 0.5) is 0 Å². The lowest BCUT2D eigenvalue weighted by Crippen LogP contribution is -2.43. The molecule has 0 saturated heterocycles. The summed E-state index contributed by atoms with van der Waals surface area (Å²) in [7, 11) is 1.23. The van der Waals surface area contributed by atoms with Crippen LogP contribution < -0.4 is 5.32 Å². The number of aliphatic hydroxyl groups is 1. The first-order valence-corrected chi connectivity index (χ1v) is 5.82. The molecule has 0 bridgehead atoms. The van der Waals surface area contributed by atoms with Gasteiger partial charge in [-0.2, -0.15) is 0 Å². The summed E-state index contributed by atoms with van der Waals surface area (Å²) in [4.78, 5) is 23.3. The summed E-state index contributed by atoms with van der Waals surface area (Å²) in [6.07, 6.45) is 0.412. The minimum absolute atomic E-state index is 0.236. The van der Waals surface area contributed by atoms with Gasteiger partial charge >= 0.3 is 5.97 Å². The van der Waals surface area contributed by atoms with Crippen molar-refractivity contribution in [3.63, 3.8) is 0 Å². The number of ether oxygens (including phenoxy) is 1. The number of hydrogen-bond donors (Lipinski definition) is 2. The molecule has 19 heavy (non-hydrogen) atoms. The van der Waals surface area contributed by atoms with Gasteiger partial charge in [0.05, 0.1) is 7.11 Å². The first-order valence-electron chi connectivity index (χ1n) is 5.82. The highest BCUT2D eigenvalue weighted by atomic mass is 16.5. The number of nitrogens with one attached hydrogen (secondary N) is 1. The van der Waals surface area contributed by atoms with E-state index in [-0.39, 0.29) is 6.42 Å². The van der Waals surface area contributed by atoms with Gasteiger partial charge in [-0.05, 0) is 12.0 Å². The van der Waals surface area contributed by atoms with E-state index in [9.17, 15) is 14.7 Å². The molecule has 0 heterocycles. The molecule has 0 aromatic heterocycles. The van der Waals surface area contributed by atoms with Crippen LogP contribution in [0, 0.1) is 0 Å². The predicted octanol–water partition coefficient (Wildman–Crippen LogP) is 0.954. The second kappa shape index (κ2) is 7.33. The van der Waals surface area contributed by atoms with Gasteiger partial charge in [-0.15, -0.1) is 6.58 Å². The SMILES string of the molecule is C=CC[C@H](NC(=O)[C@@H](O)c1ccccc1)C(=O)OC. The van der Waals surface area contributed by atoms with Crippen molar-refractivity contribution in [2.45, 2.75) is 18.6 Å². The quantitative estimate of drug-likeness (QED) is 0.592. The Morgan fingerprint density at radius 1 is 1.42 bits per heavy atom. The second-order valence-corrected chi connectivity index (χ2v) is 3.92. The van der Waals surface area contributed by atoms with Crippen LogP contribution in [0.5, 0.6) is 0 Å². The van der Waals surface area contributed by atoms with Crippen molar-refractivity contribution >= 4 is 11.9 Å². The van der Waals surface area contributed by atoms with Crippen molar-refractivity contribution in [3.05, 3.63) is 48.6 Å². The summed E-state index contributed by atoms with van der Waals surface area (Å²) in [5.74, 6) is -1.23. The van der Waals surface area contributed by atoms with Crippen LogP contribution in [0.2, 0.25) is 0 Å². The number of rotatable bonds is 6. The summed E-state index contributed by atoms with van der Waals surface area (Å²) in [6.45, 7) is 3.51. The molecule has 5 heteroatoms. The number of amides is 1. The number of methoxy groups -OCH3 is 1. The molecule has 1 aromatic rings. The maximum Gasteiger partial charge on any atom is 0.328 e. The third-order valence-corrected chi connectivity index (χ3v) is 2.57. The highest BCUT2D eigenvalue weighted by Gasteiger charge is 2.24. The minimum atomic E-state index is -1.32. The molecule has 0 radical (unpaired) electrons. The van der Waals surface area contributed by atoms with Crippen LogP contribution in [0.15, 0.2) is 43.0 Å². The van der Waals surface area contributed by atoms with Crippen LogP contribution in [0.1, 0.15) is 18.1 Å². The summed E-state index contributed by atoms with van der Waals surface area (Å²) in [5.41, 5.74) is 0.460. The Kier molecular flexibility index (Phi) is 5.75. The first-order chi connectivity index (χ1) is 9.10. The summed E-state index contributed by atoms with van der Waals surface area (Å²) in [6, 6.07) is 7.63. The van der Waals surface area contributed by atoms with E-state index >= 15 is 0 Å². The number of hydrogen-bond acceptors (Lipinski definition) is 4. The van der Waals surface area contributed by atoms with Crippen LogP contribution in [-0.2, 0) is 14.3 Å². The van der Waals surface area contributed by atoms with Crippen molar-refractivity contribution in [3.8, 4) is 0 Å². The Hall–Kier alpha value is -2.14. The van der Waals surface area contributed by atoms with Crippen molar-refractivity contribution < 1.29 is 19.4 Å². The van der Waals surface area contributed by atoms with E-state index in [4.69, 9.17) is 0 Å². The molecule has 102 valence electrons. The zero-order valence-electron chi connectivity index (χ0n) is 10.7. The van der Waals surface area contributed by atoms with Crippen molar-refractivity contribution in [2.24, 2.45) is 0 Å². The molecule has 5 nitrogen and oxygen atoms in total. The van der Waals surface area contributed by atoms with E-state index in [1.165, 1.54) is 13.2 Å². The Bertz CT molecular complexity index is 444. The molecule has 0 spiro atoms. The Morgan fingerprint density at radius 2 is 2.05 bits per heavy atom. The average Bonchev–Trinajstić information content (AvgIpc) is 2.46. The highest BCUT2D eigenvalue weighted by molar-refractivity contribution is 5.87. The van der Waals surface area contributed by atoms with E-state index in [1.54, 1.807) is 30.3 Å². The predicted molar refractivity (Wildman–Crippen MR) is 70.2 cm³/mol. The lowest BCUT2D eigenvalue weighted by Gasteiger charge is -2.17. The Labute approximate surface area is 111 Å².